The molecule has 3 rings (SSSR count). The lowest BCUT2D eigenvalue weighted by Crippen LogP contribution is -2.18. The van der Waals surface area contributed by atoms with Gasteiger partial charge in [-0.05, 0) is 25.0 Å². The van der Waals surface area contributed by atoms with Crippen molar-refractivity contribution in [3.05, 3.63) is 30.8 Å². The van der Waals surface area contributed by atoms with Crippen LogP contribution in [0.5, 0.6) is 0 Å². The van der Waals surface area contributed by atoms with Gasteiger partial charge in [0.15, 0.2) is 0 Å². The first kappa shape index (κ1) is 9.39. The minimum Gasteiger partial charge on any atom is -0.364 e. The molecule has 0 unspecified atom stereocenters. The average Bonchev–Trinajstić information content (AvgIpc) is 3.03. The van der Waals surface area contributed by atoms with Crippen molar-refractivity contribution in [3.63, 3.8) is 0 Å². The van der Waals surface area contributed by atoms with Crippen LogP contribution in [0, 0.1) is 0 Å². The summed E-state index contributed by atoms with van der Waals surface area (Å²) in [4.78, 5) is 6.79. The van der Waals surface area contributed by atoms with E-state index in [2.05, 4.69) is 27.2 Å². The Bertz CT molecular complexity index is 444. The van der Waals surface area contributed by atoms with Crippen molar-refractivity contribution in [2.45, 2.75) is 12.8 Å². The number of pyridine rings is 1. The molecule has 2 aromatic rings. The first-order chi connectivity index (χ1) is 7.93. The minimum atomic E-state index is 0.973. The van der Waals surface area contributed by atoms with Crippen LogP contribution < -0.4 is 4.90 Å². The second-order valence-electron chi connectivity index (χ2n) is 4.01. The number of anilines is 1. The predicted octanol–water partition coefficient (Wildman–Crippen LogP) is 2.34. The summed E-state index contributed by atoms with van der Waals surface area (Å²) in [7, 11) is 0. The van der Waals surface area contributed by atoms with Gasteiger partial charge in [0.25, 0.3) is 0 Å². The van der Waals surface area contributed by atoms with Gasteiger partial charge in [0.2, 0.25) is 0 Å². The molecule has 0 atom stereocenters. The van der Waals surface area contributed by atoms with Gasteiger partial charge in [0.1, 0.15) is 12.1 Å². The lowest BCUT2D eigenvalue weighted by atomic mass is 10.2. The SMILES string of the molecule is c1cc(N2CCCC2)ncc1-c1cnoc1. The monoisotopic (exact) mass is 215 g/mol. The Hall–Kier alpha value is -1.84. The minimum absolute atomic E-state index is 0.973. The first-order valence-corrected chi connectivity index (χ1v) is 5.54. The average molecular weight is 215 g/mol. The van der Waals surface area contributed by atoms with E-state index in [1.54, 1.807) is 12.5 Å². The third kappa shape index (κ3) is 1.66. The normalized spacial score (nSPS) is 15.6. The van der Waals surface area contributed by atoms with E-state index in [1.807, 2.05) is 6.20 Å². The lowest BCUT2D eigenvalue weighted by Gasteiger charge is -2.15. The van der Waals surface area contributed by atoms with Crippen LogP contribution in [0.25, 0.3) is 11.1 Å². The van der Waals surface area contributed by atoms with Crippen molar-refractivity contribution in [1.29, 1.82) is 0 Å². The maximum atomic E-state index is 4.81. The Labute approximate surface area is 93.9 Å². The Morgan fingerprint density at radius 3 is 2.56 bits per heavy atom. The number of nitrogens with zero attached hydrogens (tertiary/aromatic N) is 3. The van der Waals surface area contributed by atoms with Crippen molar-refractivity contribution in [2.75, 3.05) is 18.0 Å². The van der Waals surface area contributed by atoms with Gasteiger partial charge in [0.05, 0.1) is 6.20 Å². The van der Waals surface area contributed by atoms with E-state index in [-0.39, 0.29) is 0 Å². The second-order valence-corrected chi connectivity index (χ2v) is 4.01. The topological polar surface area (TPSA) is 42.2 Å². The molecule has 0 spiro atoms. The van der Waals surface area contributed by atoms with E-state index < -0.39 is 0 Å². The van der Waals surface area contributed by atoms with Gasteiger partial charge < -0.3 is 9.42 Å². The molecule has 0 aliphatic carbocycles. The molecule has 1 fully saturated rings. The molecule has 4 nitrogen and oxygen atoms in total. The summed E-state index contributed by atoms with van der Waals surface area (Å²) in [6.07, 6.45) is 7.75. The van der Waals surface area contributed by atoms with Crippen LogP contribution in [-0.4, -0.2) is 23.2 Å². The molecule has 1 aliphatic rings. The highest BCUT2D eigenvalue weighted by Gasteiger charge is 2.13. The summed E-state index contributed by atoms with van der Waals surface area (Å²) in [6, 6.07) is 4.13. The third-order valence-electron chi connectivity index (χ3n) is 2.94. The fourth-order valence-corrected chi connectivity index (χ4v) is 2.04. The van der Waals surface area contributed by atoms with Crippen LogP contribution in [0.15, 0.2) is 35.3 Å². The molecule has 0 bridgehead atoms. The van der Waals surface area contributed by atoms with E-state index in [4.69, 9.17) is 4.52 Å². The molecule has 0 amide bonds. The van der Waals surface area contributed by atoms with Crippen molar-refractivity contribution in [2.24, 2.45) is 0 Å². The number of hydrogen-bond donors (Lipinski definition) is 0. The van der Waals surface area contributed by atoms with Gasteiger partial charge in [-0.3, -0.25) is 0 Å². The Morgan fingerprint density at radius 1 is 1.06 bits per heavy atom. The number of aromatic nitrogens is 2. The fourth-order valence-electron chi connectivity index (χ4n) is 2.04. The maximum absolute atomic E-state index is 4.81. The van der Waals surface area contributed by atoms with Crippen molar-refractivity contribution in [3.8, 4) is 11.1 Å². The zero-order chi connectivity index (χ0) is 10.8. The highest BCUT2D eigenvalue weighted by molar-refractivity contribution is 5.61. The van der Waals surface area contributed by atoms with Crippen LogP contribution >= 0.6 is 0 Å². The molecule has 4 heteroatoms. The summed E-state index contributed by atoms with van der Waals surface area (Å²) >= 11 is 0. The summed E-state index contributed by atoms with van der Waals surface area (Å²) < 4.78 is 4.81. The molecule has 0 aromatic carbocycles. The van der Waals surface area contributed by atoms with E-state index >= 15 is 0 Å². The molecule has 16 heavy (non-hydrogen) atoms. The molecule has 1 saturated heterocycles. The standard InChI is InChI=1S/C12H13N3O/c1-2-6-15(5-1)12-4-3-10(7-13-12)11-8-14-16-9-11/h3-4,7-9H,1-2,5-6H2. The zero-order valence-corrected chi connectivity index (χ0v) is 8.97. The molecular weight excluding hydrogens is 202 g/mol. The van der Waals surface area contributed by atoms with Crippen LogP contribution in [0.2, 0.25) is 0 Å². The van der Waals surface area contributed by atoms with Crippen molar-refractivity contribution >= 4 is 5.82 Å². The summed E-state index contributed by atoms with van der Waals surface area (Å²) in [5.74, 6) is 1.07. The largest absolute Gasteiger partial charge is 0.364 e. The van der Waals surface area contributed by atoms with Gasteiger partial charge in [-0.25, -0.2) is 4.98 Å². The smallest absolute Gasteiger partial charge is 0.131 e. The quantitative estimate of drug-likeness (QED) is 0.771. The van der Waals surface area contributed by atoms with Crippen LogP contribution in [0.3, 0.4) is 0 Å². The molecule has 82 valence electrons. The van der Waals surface area contributed by atoms with Gasteiger partial charge in [-0.2, -0.15) is 0 Å². The maximum Gasteiger partial charge on any atom is 0.131 e. The molecule has 0 saturated carbocycles. The summed E-state index contributed by atoms with van der Waals surface area (Å²) in [5, 5.41) is 3.69. The summed E-state index contributed by atoms with van der Waals surface area (Å²) in [5.41, 5.74) is 2.02. The number of hydrogen-bond acceptors (Lipinski definition) is 4. The highest BCUT2D eigenvalue weighted by Crippen LogP contribution is 2.22. The number of rotatable bonds is 2. The van der Waals surface area contributed by atoms with E-state index in [0.717, 1.165) is 30.0 Å². The van der Waals surface area contributed by atoms with Crippen LogP contribution in [0.4, 0.5) is 5.82 Å². The summed E-state index contributed by atoms with van der Waals surface area (Å²) in [6.45, 7) is 2.25. The lowest BCUT2D eigenvalue weighted by molar-refractivity contribution is 0.420. The Balaban J connectivity index is 1.84. The Kier molecular flexibility index (Phi) is 2.33. The molecule has 1 aliphatic heterocycles. The van der Waals surface area contributed by atoms with Gasteiger partial charge in [-0.1, -0.05) is 5.16 Å². The molecule has 2 aromatic heterocycles. The van der Waals surface area contributed by atoms with E-state index in [9.17, 15) is 0 Å². The Morgan fingerprint density at radius 2 is 1.94 bits per heavy atom. The molecular formula is C12H13N3O. The highest BCUT2D eigenvalue weighted by atomic mass is 16.5. The fraction of sp³-hybridized carbons (Fsp3) is 0.333. The van der Waals surface area contributed by atoms with Gasteiger partial charge >= 0.3 is 0 Å². The van der Waals surface area contributed by atoms with E-state index in [1.165, 1.54) is 12.8 Å². The molecule has 0 radical (unpaired) electrons. The van der Waals surface area contributed by atoms with Gasteiger partial charge in [0, 0.05) is 30.4 Å². The van der Waals surface area contributed by atoms with E-state index in [0.29, 0.717) is 0 Å². The van der Waals surface area contributed by atoms with Crippen LogP contribution in [-0.2, 0) is 0 Å². The van der Waals surface area contributed by atoms with Gasteiger partial charge in [-0.15, -0.1) is 0 Å². The molecule has 0 N–H and O–H groups in total. The van der Waals surface area contributed by atoms with Crippen molar-refractivity contribution in [1.82, 2.24) is 10.1 Å². The first-order valence-electron chi connectivity index (χ1n) is 5.54. The zero-order valence-electron chi connectivity index (χ0n) is 8.97. The predicted molar refractivity (Wildman–Crippen MR) is 61.2 cm³/mol. The molecule has 3 heterocycles. The third-order valence-corrected chi connectivity index (χ3v) is 2.94. The van der Waals surface area contributed by atoms with Crippen molar-refractivity contribution < 1.29 is 4.52 Å². The second kappa shape index (κ2) is 3.96. The van der Waals surface area contributed by atoms with Crippen LogP contribution in [0.1, 0.15) is 12.8 Å².